The first-order valence-electron chi connectivity index (χ1n) is 5.59. The van der Waals surface area contributed by atoms with Crippen LogP contribution in [0.4, 0.5) is 0 Å². The molecule has 1 aliphatic heterocycles. The lowest BCUT2D eigenvalue weighted by molar-refractivity contribution is 0.357. The van der Waals surface area contributed by atoms with E-state index in [0.29, 0.717) is 11.7 Å². The molecule has 0 spiro atoms. The summed E-state index contributed by atoms with van der Waals surface area (Å²) >= 11 is 0. The predicted molar refractivity (Wildman–Crippen MR) is 61.5 cm³/mol. The molecule has 88 valence electrons. The zero-order chi connectivity index (χ0) is 11.8. The third-order valence-electron chi connectivity index (χ3n) is 2.78. The molecule has 1 aromatic carbocycles. The van der Waals surface area contributed by atoms with E-state index in [-0.39, 0.29) is 6.04 Å². The second-order valence-electron chi connectivity index (χ2n) is 4.17. The van der Waals surface area contributed by atoms with Crippen molar-refractivity contribution in [2.24, 2.45) is 5.73 Å². The molecule has 3 rings (SSSR count). The fourth-order valence-corrected chi connectivity index (χ4v) is 1.86. The number of hydrogen-bond donors (Lipinski definition) is 1. The van der Waals surface area contributed by atoms with Crippen LogP contribution >= 0.6 is 0 Å². The standard InChI is InChI=1S/C12H13N3O2/c1-7(13)12-14-11(15-17-12)9-2-3-10-8(6-9)4-5-16-10/h2-3,6-7H,4-5,13H2,1H3/t7-/m1/s1. The molecular formula is C12H13N3O2. The van der Waals surface area contributed by atoms with Crippen molar-refractivity contribution in [2.45, 2.75) is 19.4 Å². The number of rotatable bonds is 2. The van der Waals surface area contributed by atoms with E-state index >= 15 is 0 Å². The van der Waals surface area contributed by atoms with Gasteiger partial charge in [-0.1, -0.05) is 5.16 Å². The largest absolute Gasteiger partial charge is 0.493 e. The van der Waals surface area contributed by atoms with Crippen molar-refractivity contribution < 1.29 is 9.26 Å². The monoisotopic (exact) mass is 231 g/mol. The summed E-state index contributed by atoms with van der Waals surface area (Å²) in [5.41, 5.74) is 7.80. The van der Waals surface area contributed by atoms with Crippen molar-refractivity contribution in [1.29, 1.82) is 0 Å². The lowest BCUT2D eigenvalue weighted by Gasteiger charge is -1.99. The molecule has 1 aliphatic rings. The maximum absolute atomic E-state index is 5.68. The third kappa shape index (κ3) is 1.78. The minimum atomic E-state index is -0.242. The van der Waals surface area contributed by atoms with Crippen LogP contribution in [0.5, 0.6) is 5.75 Å². The van der Waals surface area contributed by atoms with E-state index in [1.165, 1.54) is 5.56 Å². The molecule has 0 radical (unpaired) electrons. The number of hydrogen-bond acceptors (Lipinski definition) is 5. The van der Waals surface area contributed by atoms with Gasteiger partial charge in [-0.2, -0.15) is 4.98 Å². The summed E-state index contributed by atoms with van der Waals surface area (Å²) in [6.45, 7) is 2.56. The average Bonchev–Trinajstić information content (AvgIpc) is 2.97. The van der Waals surface area contributed by atoms with E-state index in [4.69, 9.17) is 15.0 Å². The van der Waals surface area contributed by atoms with Gasteiger partial charge < -0.3 is 15.0 Å². The quantitative estimate of drug-likeness (QED) is 0.851. The van der Waals surface area contributed by atoms with Gasteiger partial charge in [-0.25, -0.2) is 0 Å². The van der Waals surface area contributed by atoms with Crippen molar-refractivity contribution in [2.75, 3.05) is 6.61 Å². The highest BCUT2D eigenvalue weighted by molar-refractivity contribution is 5.59. The molecule has 17 heavy (non-hydrogen) atoms. The Hall–Kier alpha value is -1.88. The van der Waals surface area contributed by atoms with Crippen molar-refractivity contribution in [3.05, 3.63) is 29.7 Å². The summed E-state index contributed by atoms with van der Waals surface area (Å²) < 4.78 is 10.5. The highest BCUT2D eigenvalue weighted by Crippen LogP contribution is 2.29. The molecule has 0 amide bonds. The van der Waals surface area contributed by atoms with Crippen LogP contribution in [0.25, 0.3) is 11.4 Å². The first-order chi connectivity index (χ1) is 8.24. The lowest BCUT2D eigenvalue weighted by Crippen LogP contribution is -2.04. The average molecular weight is 231 g/mol. The maximum atomic E-state index is 5.68. The third-order valence-corrected chi connectivity index (χ3v) is 2.78. The Labute approximate surface area is 98.6 Å². The Morgan fingerprint density at radius 3 is 3.06 bits per heavy atom. The molecule has 1 atom stereocenters. The Kier molecular flexibility index (Phi) is 2.33. The number of aromatic nitrogens is 2. The van der Waals surface area contributed by atoms with Crippen LogP contribution in [0.2, 0.25) is 0 Å². The highest BCUT2D eigenvalue weighted by atomic mass is 16.5. The highest BCUT2D eigenvalue weighted by Gasteiger charge is 2.16. The second kappa shape index (κ2) is 3.85. The van der Waals surface area contributed by atoms with Crippen LogP contribution in [0.3, 0.4) is 0 Å². The molecule has 0 aliphatic carbocycles. The van der Waals surface area contributed by atoms with E-state index in [1.807, 2.05) is 25.1 Å². The van der Waals surface area contributed by atoms with Gasteiger partial charge in [0.1, 0.15) is 5.75 Å². The summed E-state index contributed by atoms with van der Waals surface area (Å²) in [6, 6.07) is 5.67. The minimum absolute atomic E-state index is 0.242. The van der Waals surface area contributed by atoms with Crippen LogP contribution < -0.4 is 10.5 Å². The summed E-state index contributed by atoms with van der Waals surface area (Å²) in [5.74, 6) is 1.98. The van der Waals surface area contributed by atoms with Crippen molar-refractivity contribution >= 4 is 0 Å². The minimum Gasteiger partial charge on any atom is -0.493 e. The maximum Gasteiger partial charge on any atom is 0.243 e. The van der Waals surface area contributed by atoms with E-state index in [0.717, 1.165) is 24.3 Å². The molecule has 0 fully saturated rings. The first kappa shape index (κ1) is 10.3. The van der Waals surface area contributed by atoms with E-state index in [2.05, 4.69) is 10.1 Å². The number of fused-ring (bicyclic) bond motifs is 1. The fraction of sp³-hybridized carbons (Fsp3) is 0.333. The predicted octanol–water partition coefficient (Wildman–Crippen LogP) is 1.69. The van der Waals surface area contributed by atoms with Crippen LogP contribution in [0.15, 0.2) is 22.7 Å². The van der Waals surface area contributed by atoms with E-state index < -0.39 is 0 Å². The summed E-state index contributed by atoms with van der Waals surface area (Å²) in [4.78, 5) is 4.26. The van der Waals surface area contributed by atoms with Crippen molar-refractivity contribution in [1.82, 2.24) is 10.1 Å². The first-order valence-corrected chi connectivity index (χ1v) is 5.59. The molecule has 2 N–H and O–H groups in total. The van der Waals surface area contributed by atoms with Gasteiger partial charge in [-0.15, -0.1) is 0 Å². The number of ether oxygens (including phenoxy) is 1. The normalized spacial score (nSPS) is 15.4. The molecule has 2 heterocycles. The van der Waals surface area contributed by atoms with Gasteiger partial charge in [0.15, 0.2) is 0 Å². The van der Waals surface area contributed by atoms with Gasteiger partial charge in [0.2, 0.25) is 11.7 Å². The summed E-state index contributed by atoms with van der Waals surface area (Å²) in [6.07, 6.45) is 0.932. The molecule has 0 bridgehead atoms. The molecular weight excluding hydrogens is 218 g/mol. The molecule has 0 saturated carbocycles. The van der Waals surface area contributed by atoms with Gasteiger partial charge in [0.05, 0.1) is 12.6 Å². The van der Waals surface area contributed by atoms with Gasteiger partial charge >= 0.3 is 0 Å². The van der Waals surface area contributed by atoms with E-state index in [9.17, 15) is 0 Å². The zero-order valence-electron chi connectivity index (χ0n) is 9.51. The summed E-state index contributed by atoms with van der Waals surface area (Å²) in [7, 11) is 0. The van der Waals surface area contributed by atoms with Crippen LogP contribution in [-0.2, 0) is 6.42 Å². The smallest absolute Gasteiger partial charge is 0.243 e. The van der Waals surface area contributed by atoms with Crippen LogP contribution in [0.1, 0.15) is 24.4 Å². The van der Waals surface area contributed by atoms with E-state index in [1.54, 1.807) is 0 Å². The SMILES string of the molecule is C[C@@H](N)c1nc(-c2ccc3c(c2)CCO3)no1. The van der Waals surface area contributed by atoms with Crippen LogP contribution in [0, 0.1) is 0 Å². The molecule has 5 heteroatoms. The van der Waals surface area contributed by atoms with Gasteiger partial charge in [0.25, 0.3) is 0 Å². The molecule has 0 saturated heterocycles. The Morgan fingerprint density at radius 2 is 2.29 bits per heavy atom. The molecule has 5 nitrogen and oxygen atoms in total. The Morgan fingerprint density at radius 1 is 1.41 bits per heavy atom. The van der Waals surface area contributed by atoms with Crippen LogP contribution in [-0.4, -0.2) is 16.7 Å². The van der Waals surface area contributed by atoms with Crippen molar-refractivity contribution in [3.63, 3.8) is 0 Å². The second-order valence-corrected chi connectivity index (χ2v) is 4.17. The molecule has 1 aromatic heterocycles. The summed E-state index contributed by atoms with van der Waals surface area (Å²) in [5, 5.41) is 3.93. The van der Waals surface area contributed by atoms with Gasteiger partial charge in [-0.05, 0) is 30.7 Å². The number of benzene rings is 1. The lowest BCUT2D eigenvalue weighted by atomic mass is 10.1. The van der Waals surface area contributed by atoms with Gasteiger partial charge in [0, 0.05) is 12.0 Å². The fourth-order valence-electron chi connectivity index (χ4n) is 1.86. The molecule has 2 aromatic rings. The number of nitrogens with zero attached hydrogens (tertiary/aromatic N) is 2. The van der Waals surface area contributed by atoms with Gasteiger partial charge in [-0.3, -0.25) is 0 Å². The topological polar surface area (TPSA) is 74.2 Å². The van der Waals surface area contributed by atoms with Crippen molar-refractivity contribution in [3.8, 4) is 17.1 Å². The Bertz CT molecular complexity index is 548. The Balaban J connectivity index is 1.97. The number of nitrogens with two attached hydrogens (primary N) is 1. The zero-order valence-corrected chi connectivity index (χ0v) is 9.51. The molecule has 0 unspecified atom stereocenters.